The molecule has 0 saturated carbocycles. The van der Waals surface area contributed by atoms with Crippen molar-refractivity contribution < 1.29 is 18.4 Å². The van der Waals surface area contributed by atoms with Crippen LogP contribution in [0.15, 0.2) is 12.3 Å². The molecule has 1 aromatic heterocycles. The fraction of sp³-hybridized carbons (Fsp3) is 0.462. The molecule has 0 N–H and O–H groups in total. The number of carbonyl (C=O) groups is 2. The highest BCUT2D eigenvalue weighted by atomic mass is 19.2. The Labute approximate surface area is 114 Å². The molecule has 2 aliphatic heterocycles. The van der Waals surface area contributed by atoms with E-state index in [0.717, 1.165) is 6.20 Å². The van der Waals surface area contributed by atoms with Gasteiger partial charge in [0.25, 0.3) is 5.91 Å². The minimum Gasteiger partial charge on any atom is -0.336 e. The number of carbonyl (C=O) groups excluding carboxylic acids is 2. The quantitative estimate of drug-likeness (QED) is 0.716. The van der Waals surface area contributed by atoms with Crippen LogP contribution in [0, 0.1) is 11.8 Å². The largest absolute Gasteiger partial charge is 0.336 e. The normalized spacial score (nSPS) is 22.1. The van der Waals surface area contributed by atoms with Crippen LogP contribution in [0.1, 0.15) is 23.2 Å². The third-order valence-corrected chi connectivity index (χ3v) is 3.86. The Morgan fingerprint density at radius 3 is 2.95 bits per heavy atom. The standard InChI is InChI=1S/C13H13F2N3O2/c14-11-9(3-4-16-12(11)15)13(20)17-5-6-18-8(7-17)1-2-10(18)19/h3-4,8H,1-2,5-7H2. The van der Waals surface area contributed by atoms with Crippen LogP contribution in [-0.4, -0.2) is 52.3 Å². The van der Waals surface area contributed by atoms with Crippen molar-refractivity contribution in [2.75, 3.05) is 19.6 Å². The lowest BCUT2D eigenvalue weighted by Crippen LogP contribution is -2.53. The number of nitrogens with zero attached hydrogens (tertiary/aromatic N) is 3. The molecule has 1 unspecified atom stereocenters. The lowest BCUT2D eigenvalue weighted by atomic mass is 10.1. The molecule has 106 valence electrons. The monoisotopic (exact) mass is 281 g/mol. The summed E-state index contributed by atoms with van der Waals surface area (Å²) in [5.41, 5.74) is -0.310. The first-order valence-corrected chi connectivity index (χ1v) is 6.46. The Balaban J connectivity index is 1.79. The summed E-state index contributed by atoms with van der Waals surface area (Å²) in [5, 5.41) is 0. The van der Waals surface area contributed by atoms with Gasteiger partial charge in [0.15, 0.2) is 5.82 Å². The highest BCUT2D eigenvalue weighted by molar-refractivity contribution is 5.94. The van der Waals surface area contributed by atoms with Crippen LogP contribution in [0.25, 0.3) is 0 Å². The Hall–Kier alpha value is -2.05. The summed E-state index contributed by atoms with van der Waals surface area (Å²) in [6, 6.07) is 1.17. The Morgan fingerprint density at radius 2 is 2.15 bits per heavy atom. The second-order valence-electron chi connectivity index (χ2n) is 4.99. The fourth-order valence-electron chi connectivity index (χ4n) is 2.80. The summed E-state index contributed by atoms with van der Waals surface area (Å²) in [7, 11) is 0. The first-order valence-electron chi connectivity index (χ1n) is 6.46. The van der Waals surface area contributed by atoms with Crippen LogP contribution in [0.4, 0.5) is 8.78 Å². The van der Waals surface area contributed by atoms with Gasteiger partial charge < -0.3 is 9.80 Å². The van der Waals surface area contributed by atoms with Gasteiger partial charge in [-0.2, -0.15) is 4.39 Å². The highest BCUT2D eigenvalue weighted by Gasteiger charge is 2.37. The molecule has 0 bridgehead atoms. The van der Waals surface area contributed by atoms with E-state index in [4.69, 9.17) is 0 Å². The van der Waals surface area contributed by atoms with E-state index in [-0.39, 0.29) is 17.5 Å². The van der Waals surface area contributed by atoms with Crippen molar-refractivity contribution in [3.8, 4) is 0 Å². The van der Waals surface area contributed by atoms with Crippen molar-refractivity contribution in [1.82, 2.24) is 14.8 Å². The maximum atomic E-state index is 13.6. The van der Waals surface area contributed by atoms with Crippen LogP contribution >= 0.6 is 0 Å². The van der Waals surface area contributed by atoms with Crippen LogP contribution in [0.2, 0.25) is 0 Å². The minimum atomic E-state index is -1.27. The number of hydrogen-bond donors (Lipinski definition) is 0. The van der Waals surface area contributed by atoms with E-state index in [1.165, 1.54) is 11.0 Å². The van der Waals surface area contributed by atoms with Crippen LogP contribution in [0.3, 0.4) is 0 Å². The SMILES string of the molecule is O=C(c1ccnc(F)c1F)N1CCN2C(=O)CCC2C1. The van der Waals surface area contributed by atoms with E-state index in [9.17, 15) is 18.4 Å². The van der Waals surface area contributed by atoms with Crippen LogP contribution in [0.5, 0.6) is 0 Å². The zero-order valence-corrected chi connectivity index (χ0v) is 10.7. The molecule has 0 radical (unpaired) electrons. The number of amides is 2. The van der Waals surface area contributed by atoms with Gasteiger partial charge in [0, 0.05) is 38.3 Å². The predicted molar refractivity (Wildman–Crippen MR) is 64.8 cm³/mol. The number of fused-ring (bicyclic) bond motifs is 1. The van der Waals surface area contributed by atoms with Gasteiger partial charge in [-0.25, -0.2) is 9.37 Å². The molecular formula is C13H13F2N3O2. The number of pyridine rings is 1. The predicted octanol–water partition coefficient (Wildman–Crippen LogP) is 0.807. The number of halogens is 2. The zero-order valence-electron chi connectivity index (χ0n) is 10.7. The summed E-state index contributed by atoms with van der Waals surface area (Å²) in [6.45, 7) is 1.16. The van der Waals surface area contributed by atoms with Gasteiger partial charge in [-0.15, -0.1) is 0 Å². The smallest absolute Gasteiger partial charge is 0.257 e. The summed E-state index contributed by atoms with van der Waals surface area (Å²) >= 11 is 0. The number of rotatable bonds is 1. The molecule has 0 aliphatic carbocycles. The van der Waals surface area contributed by atoms with Crippen LogP contribution < -0.4 is 0 Å². The van der Waals surface area contributed by atoms with Gasteiger partial charge in [0.1, 0.15) is 0 Å². The molecule has 0 spiro atoms. The fourth-order valence-corrected chi connectivity index (χ4v) is 2.80. The molecule has 5 nitrogen and oxygen atoms in total. The molecule has 2 fully saturated rings. The van der Waals surface area contributed by atoms with Crippen molar-refractivity contribution in [3.63, 3.8) is 0 Å². The van der Waals surface area contributed by atoms with Crippen molar-refractivity contribution in [3.05, 3.63) is 29.6 Å². The third-order valence-electron chi connectivity index (χ3n) is 3.86. The van der Waals surface area contributed by atoms with Gasteiger partial charge in [-0.1, -0.05) is 0 Å². The van der Waals surface area contributed by atoms with Gasteiger partial charge >= 0.3 is 0 Å². The number of aromatic nitrogens is 1. The zero-order chi connectivity index (χ0) is 14.3. The second-order valence-corrected chi connectivity index (χ2v) is 4.99. The summed E-state index contributed by atoms with van der Waals surface area (Å²) in [5.74, 6) is -2.95. The summed E-state index contributed by atoms with van der Waals surface area (Å²) < 4.78 is 26.7. The maximum absolute atomic E-state index is 13.6. The van der Waals surface area contributed by atoms with Gasteiger partial charge in [-0.05, 0) is 12.5 Å². The van der Waals surface area contributed by atoms with E-state index < -0.39 is 17.7 Å². The van der Waals surface area contributed by atoms with E-state index in [2.05, 4.69) is 4.98 Å². The lowest BCUT2D eigenvalue weighted by Gasteiger charge is -2.37. The molecule has 2 amide bonds. The second kappa shape index (κ2) is 4.81. The Morgan fingerprint density at radius 1 is 1.35 bits per heavy atom. The summed E-state index contributed by atoms with van der Waals surface area (Å²) in [6.07, 6.45) is 2.27. The van der Waals surface area contributed by atoms with E-state index >= 15 is 0 Å². The van der Waals surface area contributed by atoms with Gasteiger partial charge in [0.2, 0.25) is 11.9 Å². The first kappa shape index (κ1) is 13.0. The van der Waals surface area contributed by atoms with Gasteiger partial charge in [0.05, 0.1) is 5.56 Å². The lowest BCUT2D eigenvalue weighted by molar-refractivity contribution is -0.130. The molecule has 1 aromatic rings. The van der Waals surface area contributed by atoms with Crippen molar-refractivity contribution in [2.24, 2.45) is 0 Å². The molecule has 2 aliphatic rings. The van der Waals surface area contributed by atoms with E-state index in [1.54, 1.807) is 4.90 Å². The summed E-state index contributed by atoms with van der Waals surface area (Å²) in [4.78, 5) is 30.2. The van der Waals surface area contributed by atoms with E-state index in [0.29, 0.717) is 32.5 Å². The molecule has 7 heteroatoms. The molecule has 2 saturated heterocycles. The van der Waals surface area contributed by atoms with Crippen molar-refractivity contribution in [1.29, 1.82) is 0 Å². The molecule has 20 heavy (non-hydrogen) atoms. The molecular weight excluding hydrogens is 268 g/mol. The van der Waals surface area contributed by atoms with E-state index in [1.807, 2.05) is 0 Å². The number of hydrogen-bond acceptors (Lipinski definition) is 3. The molecule has 1 atom stereocenters. The maximum Gasteiger partial charge on any atom is 0.257 e. The Kier molecular flexibility index (Phi) is 3.11. The third kappa shape index (κ3) is 2.03. The first-order chi connectivity index (χ1) is 9.58. The average Bonchev–Trinajstić information content (AvgIpc) is 2.82. The molecule has 3 heterocycles. The van der Waals surface area contributed by atoms with Crippen molar-refractivity contribution >= 4 is 11.8 Å². The molecule has 0 aromatic carbocycles. The average molecular weight is 281 g/mol. The van der Waals surface area contributed by atoms with Gasteiger partial charge in [-0.3, -0.25) is 9.59 Å². The topological polar surface area (TPSA) is 53.5 Å². The number of piperazine rings is 1. The van der Waals surface area contributed by atoms with Crippen LogP contribution in [-0.2, 0) is 4.79 Å². The highest BCUT2D eigenvalue weighted by Crippen LogP contribution is 2.24. The Bertz CT molecular complexity index is 579. The molecule has 3 rings (SSSR count). The van der Waals surface area contributed by atoms with Crippen molar-refractivity contribution in [2.45, 2.75) is 18.9 Å². The minimum absolute atomic E-state index is 0.00468.